The lowest BCUT2D eigenvalue weighted by Crippen LogP contribution is -2.36. The molecule has 0 spiro atoms. The summed E-state index contributed by atoms with van der Waals surface area (Å²) in [4.78, 5) is 20.5. The molecule has 26 heavy (non-hydrogen) atoms. The first-order valence-corrected chi connectivity index (χ1v) is 10.5. The highest BCUT2D eigenvalue weighted by molar-refractivity contribution is 7.17. The van der Waals surface area contributed by atoms with Crippen molar-refractivity contribution in [3.63, 3.8) is 0 Å². The molecule has 0 aromatic carbocycles. The van der Waals surface area contributed by atoms with Crippen molar-refractivity contribution in [2.24, 2.45) is 0 Å². The fourth-order valence-corrected chi connectivity index (χ4v) is 5.10. The average Bonchev–Trinajstić information content (AvgIpc) is 3.43. The number of imidazole rings is 1. The third-order valence-electron chi connectivity index (χ3n) is 4.87. The van der Waals surface area contributed by atoms with E-state index in [1.165, 1.54) is 4.70 Å². The van der Waals surface area contributed by atoms with Gasteiger partial charge in [-0.2, -0.15) is 0 Å². The third kappa shape index (κ3) is 2.89. The number of anilines is 1. The number of fused-ring (bicyclic) bond motifs is 1. The summed E-state index contributed by atoms with van der Waals surface area (Å²) in [6, 6.07) is 2.06. The quantitative estimate of drug-likeness (QED) is 0.538. The van der Waals surface area contributed by atoms with Crippen LogP contribution in [0.4, 0.5) is 5.82 Å². The van der Waals surface area contributed by atoms with E-state index >= 15 is 0 Å². The standard InChI is InChI=1S/C18H18N6S2/c1-2-13(17-19-4-6-24(17)9-14-10-25-12-22-14)8-23(5-1)18-16-15(3-7-26-16)20-11-21-18/h3-4,6-7,10-13H,1-2,5,8-9H2/t13-/m0/s1. The largest absolute Gasteiger partial charge is 0.355 e. The van der Waals surface area contributed by atoms with E-state index in [-0.39, 0.29) is 0 Å². The van der Waals surface area contributed by atoms with E-state index in [9.17, 15) is 0 Å². The minimum Gasteiger partial charge on any atom is -0.355 e. The van der Waals surface area contributed by atoms with E-state index < -0.39 is 0 Å². The topological polar surface area (TPSA) is 59.7 Å². The van der Waals surface area contributed by atoms with Gasteiger partial charge in [0, 0.05) is 36.8 Å². The molecule has 0 saturated carbocycles. The van der Waals surface area contributed by atoms with Gasteiger partial charge in [-0.25, -0.2) is 19.9 Å². The molecule has 1 atom stereocenters. The second kappa shape index (κ2) is 6.77. The third-order valence-corrected chi connectivity index (χ3v) is 6.41. The first kappa shape index (κ1) is 15.9. The number of piperidine rings is 1. The van der Waals surface area contributed by atoms with Gasteiger partial charge in [0.1, 0.15) is 18.0 Å². The molecule has 5 rings (SSSR count). The number of thiazole rings is 1. The van der Waals surface area contributed by atoms with Crippen LogP contribution in [-0.2, 0) is 6.54 Å². The molecule has 0 radical (unpaired) electrons. The molecule has 0 aliphatic carbocycles. The molecule has 0 unspecified atom stereocenters. The lowest BCUT2D eigenvalue weighted by atomic mass is 9.97. The molecule has 1 aliphatic heterocycles. The van der Waals surface area contributed by atoms with Crippen LogP contribution in [0.15, 0.2) is 41.1 Å². The van der Waals surface area contributed by atoms with Crippen molar-refractivity contribution in [3.05, 3.63) is 52.6 Å². The van der Waals surface area contributed by atoms with E-state index in [0.29, 0.717) is 5.92 Å². The van der Waals surface area contributed by atoms with Crippen LogP contribution >= 0.6 is 22.7 Å². The zero-order chi connectivity index (χ0) is 17.3. The van der Waals surface area contributed by atoms with Crippen LogP contribution in [0.25, 0.3) is 10.2 Å². The summed E-state index contributed by atoms with van der Waals surface area (Å²) in [6.45, 7) is 2.77. The average molecular weight is 383 g/mol. The second-order valence-corrected chi connectivity index (χ2v) is 8.15. The number of aromatic nitrogens is 5. The number of hydrogen-bond donors (Lipinski definition) is 0. The molecule has 0 bridgehead atoms. The number of hydrogen-bond acceptors (Lipinski definition) is 7. The van der Waals surface area contributed by atoms with Gasteiger partial charge in [-0.15, -0.1) is 22.7 Å². The lowest BCUT2D eigenvalue weighted by Gasteiger charge is -2.33. The fourth-order valence-electron chi connectivity index (χ4n) is 3.69. The van der Waals surface area contributed by atoms with Crippen molar-refractivity contribution < 1.29 is 0 Å². The Morgan fingerprint density at radius 1 is 1.19 bits per heavy atom. The van der Waals surface area contributed by atoms with Crippen molar-refractivity contribution >= 4 is 38.7 Å². The minimum atomic E-state index is 0.405. The molecule has 1 saturated heterocycles. The van der Waals surface area contributed by atoms with Crippen LogP contribution in [0, 0.1) is 0 Å². The predicted octanol–water partition coefficient (Wildman–Crippen LogP) is 3.78. The van der Waals surface area contributed by atoms with E-state index in [4.69, 9.17) is 0 Å². The molecule has 132 valence electrons. The summed E-state index contributed by atoms with van der Waals surface area (Å²) >= 11 is 3.35. The SMILES string of the molecule is c1cn(Cc2cscn2)c([C@H]2CCCN(c3ncnc4ccsc34)C2)n1. The maximum atomic E-state index is 4.68. The summed E-state index contributed by atoms with van der Waals surface area (Å²) in [7, 11) is 0. The van der Waals surface area contributed by atoms with Crippen LogP contribution in [0.2, 0.25) is 0 Å². The summed E-state index contributed by atoms with van der Waals surface area (Å²) in [5.74, 6) is 2.62. The van der Waals surface area contributed by atoms with Gasteiger partial charge < -0.3 is 9.47 Å². The Labute approximate surface area is 159 Å². The van der Waals surface area contributed by atoms with E-state index in [2.05, 4.69) is 52.4 Å². The van der Waals surface area contributed by atoms with Crippen molar-refractivity contribution in [2.45, 2.75) is 25.3 Å². The maximum Gasteiger partial charge on any atom is 0.150 e. The number of nitrogens with zero attached hydrogens (tertiary/aromatic N) is 6. The van der Waals surface area contributed by atoms with Gasteiger partial charge in [0.05, 0.1) is 28.0 Å². The van der Waals surface area contributed by atoms with E-state index in [1.54, 1.807) is 29.0 Å². The van der Waals surface area contributed by atoms with Crippen LogP contribution < -0.4 is 4.90 Å². The van der Waals surface area contributed by atoms with Gasteiger partial charge in [-0.05, 0) is 24.3 Å². The number of thiophene rings is 1. The lowest BCUT2D eigenvalue weighted by molar-refractivity contribution is 0.474. The molecular weight excluding hydrogens is 364 g/mol. The molecule has 6 nitrogen and oxygen atoms in total. The normalized spacial score (nSPS) is 17.8. The molecule has 4 aromatic heterocycles. The fraction of sp³-hybridized carbons (Fsp3) is 0.333. The molecule has 8 heteroatoms. The van der Waals surface area contributed by atoms with Gasteiger partial charge in [0.25, 0.3) is 0 Å². The van der Waals surface area contributed by atoms with Crippen LogP contribution in [-0.4, -0.2) is 37.6 Å². The summed E-state index contributed by atoms with van der Waals surface area (Å²) in [6.07, 6.45) is 7.95. The highest BCUT2D eigenvalue weighted by Crippen LogP contribution is 2.33. The van der Waals surface area contributed by atoms with Gasteiger partial charge >= 0.3 is 0 Å². The van der Waals surface area contributed by atoms with Gasteiger partial charge in [-0.3, -0.25) is 0 Å². The molecule has 4 aromatic rings. The molecule has 1 fully saturated rings. The zero-order valence-electron chi connectivity index (χ0n) is 14.2. The molecule has 5 heterocycles. The molecular formula is C18H18N6S2. The monoisotopic (exact) mass is 382 g/mol. The maximum absolute atomic E-state index is 4.68. The molecule has 0 amide bonds. The van der Waals surface area contributed by atoms with E-state index in [1.807, 2.05) is 11.7 Å². The van der Waals surface area contributed by atoms with Gasteiger partial charge in [0.15, 0.2) is 0 Å². The molecule has 0 N–H and O–H groups in total. The predicted molar refractivity (Wildman–Crippen MR) is 105 cm³/mol. The highest BCUT2D eigenvalue weighted by atomic mass is 32.1. The van der Waals surface area contributed by atoms with E-state index in [0.717, 1.165) is 55.3 Å². The van der Waals surface area contributed by atoms with Gasteiger partial charge in [0.2, 0.25) is 0 Å². The zero-order valence-corrected chi connectivity index (χ0v) is 15.8. The number of rotatable bonds is 4. The second-order valence-electron chi connectivity index (χ2n) is 6.51. The molecule has 1 aliphatic rings. The van der Waals surface area contributed by atoms with Crippen molar-refractivity contribution in [2.75, 3.05) is 18.0 Å². The first-order chi connectivity index (χ1) is 12.9. The Balaban J connectivity index is 1.42. The highest BCUT2D eigenvalue weighted by Gasteiger charge is 2.26. The smallest absolute Gasteiger partial charge is 0.150 e. The van der Waals surface area contributed by atoms with Crippen molar-refractivity contribution in [1.82, 2.24) is 24.5 Å². The van der Waals surface area contributed by atoms with Crippen molar-refractivity contribution in [1.29, 1.82) is 0 Å². The summed E-state index contributed by atoms with van der Waals surface area (Å²) in [5.41, 5.74) is 4.01. The Hall–Kier alpha value is -2.32. The van der Waals surface area contributed by atoms with Crippen molar-refractivity contribution in [3.8, 4) is 0 Å². The first-order valence-electron chi connectivity index (χ1n) is 8.70. The Kier molecular flexibility index (Phi) is 4.14. The van der Waals surface area contributed by atoms with Crippen LogP contribution in [0.5, 0.6) is 0 Å². The Morgan fingerprint density at radius 2 is 2.19 bits per heavy atom. The summed E-state index contributed by atoms with van der Waals surface area (Å²) in [5, 5.41) is 4.19. The minimum absolute atomic E-state index is 0.405. The van der Waals surface area contributed by atoms with Crippen LogP contribution in [0.3, 0.4) is 0 Å². The summed E-state index contributed by atoms with van der Waals surface area (Å²) < 4.78 is 3.42. The Bertz CT molecular complexity index is 1010. The van der Waals surface area contributed by atoms with Crippen LogP contribution in [0.1, 0.15) is 30.3 Å². The Morgan fingerprint density at radius 3 is 3.12 bits per heavy atom. The van der Waals surface area contributed by atoms with Gasteiger partial charge in [-0.1, -0.05) is 0 Å².